The Kier molecular flexibility index (Phi) is 8.14. The van der Waals surface area contributed by atoms with Crippen molar-refractivity contribution < 1.29 is 15.0 Å². The van der Waals surface area contributed by atoms with E-state index in [2.05, 4.69) is 6.92 Å². The molecule has 0 aliphatic carbocycles. The number of unbranched alkanes of at least 4 members (excludes halogenated alkanes) is 1. The Hall–Kier alpha value is -1.87. The summed E-state index contributed by atoms with van der Waals surface area (Å²) in [5, 5.41) is 19.2. The van der Waals surface area contributed by atoms with Gasteiger partial charge in [0.05, 0.1) is 11.7 Å². The van der Waals surface area contributed by atoms with Gasteiger partial charge in [-0.25, -0.2) is 0 Å². The number of benzene rings is 1. The van der Waals surface area contributed by atoms with Crippen LogP contribution in [0, 0.1) is 0 Å². The van der Waals surface area contributed by atoms with Crippen LogP contribution in [0.1, 0.15) is 54.9 Å². The molecule has 0 aliphatic heterocycles. The summed E-state index contributed by atoms with van der Waals surface area (Å²) in [5.74, 6) is -0.00447. The molecule has 0 radical (unpaired) electrons. The lowest BCUT2D eigenvalue weighted by atomic mass is 10.1. The van der Waals surface area contributed by atoms with Crippen molar-refractivity contribution in [1.29, 1.82) is 0 Å². The fraction of sp³-hybridized carbons (Fsp3) is 0.389. The van der Waals surface area contributed by atoms with Crippen LogP contribution < -0.4 is 0 Å². The van der Waals surface area contributed by atoms with E-state index in [1.54, 1.807) is 18.2 Å². The van der Waals surface area contributed by atoms with Crippen LogP contribution in [-0.4, -0.2) is 22.6 Å². The third-order valence-corrected chi connectivity index (χ3v) is 3.32. The molecule has 1 unspecified atom stereocenters. The van der Waals surface area contributed by atoms with Gasteiger partial charge in [0, 0.05) is 0 Å². The summed E-state index contributed by atoms with van der Waals surface area (Å²) in [4.78, 5) is 10.9. The highest BCUT2D eigenvalue weighted by molar-refractivity contribution is 5.85. The standard InChI is InChI=1S/C18H24O3/c1-2-3-11-16(20)12-7-5-4-6-9-15-10-8-13-18(21)17(15)14-19/h4-6,8-10,13-14,16,20-21H,2-3,7,11-12H2,1H3/b5-4+,9-6+. The van der Waals surface area contributed by atoms with Crippen LogP contribution >= 0.6 is 0 Å². The van der Waals surface area contributed by atoms with E-state index in [9.17, 15) is 15.0 Å². The first-order valence-corrected chi connectivity index (χ1v) is 7.47. The predicted octanol–water partition coefficient (Wildman–Crippen LogP) is 4.11. The molecule has 1 atom stereocenters. The Bertz CT molecular complexity index is 489. The number of allylic oxidation sites excluding steroid dienone is 3. The van der Waals surface area contributed by atoms with E-state index in [1.165, 1.54) is 6.07 Å². The third kappa shape index (κ3) is 6.41. The smallest absolute Gasteiger partial charge is 0.154 e. The van der Waals surface area contributed by atoms with Crippen LogP contribution in [0.15, 0.2) is 36.4 Å². The van der Waals surface area contributed by atoms with E-state index >= 15 is 0 Å². The van der Waals surface area contributed by atoms with E-state index in [-0.39, 0.29) is 11.9 Å². The average Bonchev–Trinajstić information content (AvgIpc) is 2.48. The van der Waals surface area contributed by atoms with Gasteiger partial charge in [0.15, 0.2) is 6.29 Å². The van der Waals surface area contributed by atoms with Crippen LogP contribution in [0.2, 0.25) is 0 Å². The largest absolute Gasteiger partial charge is 0.507 e. The van der Waals surface area contributed by atoms with Crippen molar-refractivity contribution in [1.82, 2.24) is 0 Å². The molecular weight excluding hydrogens is 264 g/mol. The van der Waals surface area contributed by atoms with Crippen LogP contribution in [0.4, 0.5) is 0 Å². The van der Waals surface area contributed by atoms with Crippen molar-refractivity contribution in [2.24, 2.45) is 0 Å². The number of phenolic OH excluding ortho intramolecular Hbond substituents is 1. The van der Waals surface area contributed by atoms with E-state index in [0.717, 1.165) is 32.1 Å². The molecule has 21 heavy (non-hydrogen) atoms. The molecule has 0 amide bonds. The Morgan fingerprint density at radius 1 is 1.24 bits per heavy atom. The van der Waals surface area contributed by atoms with Crippen molar-refractivity contribution in [2.45, 2.75) is 45.1 Å². The Labute approximate surface area is 126 Å². The van der Waals surface area contributed by atoms with Crippen molar-refractivity contribution in [3.63, 3.8) is 0 Å². The molecule has 0 saturated heterocycles. The highest BCUT2D eigenvalue weighted by Gasteiger charge is 2.03. The molecule has 1 aromatic rings. The number of aliphatic hydroxyl groups is 1. The summed E-state index contributed by atoms with van der Waals surface area (Å²) in [5.41, 5.74) is 0.995. The van der Waals surface area contributed by atoms with Gasteiger partial charge in [-0.2, -0.15) is 0 Å². The molecule has 0 saturated carbocycles. The fourth-order valence-corrected chi connectivity index (χ4v) is 2.05. The van der Waals surface area contributed by atoms with E-state index in [0.29, 0.717) is 17.4 Å². The first-order chi connectivity index (χ1) is 10.2. The highest BCUT2D eigenvalue weighted by atomic mass is 16.3. The first-order valence-electron chi connectivity index (χ1n) is 7.47. The zero-order valence-electron chi connectivity index (χ0n) is 12.5. The molecule has 3 heteroatoms. The summed E-state index contributed by atoms with van der Waals surface area (Å²) in [7, 11) is 0. The van der Waals surface area contributed by atoms with Gasteiger partial charge in [-0.1, -0.05) is 56.2 Å². The number of aldehydes is 1. The monoisotopic (exact) mass is 288 g/mol. The first kappa shape index (κ1) is 17.2. The highest BCUT2D eigenvalue weighted by Crippen LogP contribution is 2.19. The summed E-state index contributed by atoms with van der Waals surface area (Å²) in [6.45, 7) is 2.12. The van der Waals surface area contributed by atoms with E-state index in [4.69, 9.17) is 0 Å². The molecule has 0 fully saturated rings. The third-order valence-electron chi connectivity index (χ3n) is 3.32. The molecule has 0 aliphatic rings. The lowest BCUT2D eigenvalue weighted by Gasteiger charge is -2.06. The van der Waals surface area contributed by atoms with Gasteiger partial charge in [0.25, 0.3) is 0 Å². The summed E-state index contributed by atoms with van der Waals surface area (Å²) in [6.07, 6.45) is 12.6. The molecule has 3 nitrogen and oxygen atoms in total. The number of rotatable bonds is 9. The van der Waals surface area contributed by atoms with Crippen LogP contribution in [-0.2, 0) is 0 Å². The second-order valence-electron chi connectivity index (χ2n) is 5.06. The number of phenols is 1. The molecule has 0 aromatic heterocycles. The van der Waals surface area contributed by atoms with Crippen LogP contribution in [0.5, 0.6) is 5.75 Å². The number of carbonyl (C=O) groups excluding carboxylic acids is 1. The van der Waals surface area contributed by atoms with Crippen molar-refractivity contribution in [3.05, 3.63) is 47.6 Å². The second-order valence-corrected chi connectivity index (χ2v) is 5.06. The molecule has 0 spiro atoms. The average molecular weight is 288 g/mol. The minimum atomic E-state index is -0.216. The van der Waals surface area contributed by atoms with Crippen molar-refractivity contribution >= 4 is 12.4 Å². The van der Waals surface area contributed by atoms with Gasteiger partial charge in [-0.05, 0) is 30.9 Å². The second kappa shape index (κ2) is 9.94. The summed E-state index contributed by atoms with van der Waals surface area (Å²) < 4.78 is 0. The van der Waals surface area contributed by atoms with E-state index < -0.39 is 0 Å². The summed E-state index contributed by atoms with van der Waals surface area (Å²) >= 11 is 0. The molecule has 0 bridgehead atoms. The Balaban J connectivity index is 2.43. The maximum absolute atomic E-state index is 10.9. The van der Waals surface area contributed by atoms with Crippen molar-refractivity contribution in [3.8, 4) is 5.75 Å². The quantitative estimate of drug-likeness (QED) is 0.531. The van der Waals surface area contributed by atoms with Crippen molar-refractivity contribution in [2.75, 3.05) is 0 Å². The topological polar surface area (TPSA) is 57.5 Å². The fourth-order valence-electron chi connectivity index (χ4n) is 2.05. The number of aliphatic hydroxyl groups excluding tert-OH is 1. The summed E-state index contributed by atoms with van der Waals surface area (Å²) in [6, 6.07) is 4.98. The lowest BCUT2D eigenvalue weighted by Crippen LogP contribution is -2.04. The normalized spacial score (nSPS) is 13.0. The van der Waals surface area contributed by atoms with Gasteiger partial charge >= 0.3 is 0 Å². The maximum atomic E-state index is 10.9. The zero-order valence-corrected chi connectivity index (χ0v) is 12.5. The minimum absolute atomic E-state index is 0.00447. The van der Waals surface area contributed by atoms with Gasteiger partial charge < -0.3 is 10.2 Å². The van der Waals surface area contributed by atoms with Crippen LogP contribution in [0.25, 0.3) is 6.08 Å². The molecule has 0 heterocycles. The maximum Gasteiger partial charge on any atom is 0.154 e. The molecule has 1 aromatic carbocycles. The molecular formula is C18H24O3. The van der Waals surface area contributed by atoms with E-state index in [1.807, 2.05) is 18.2 Å². The van der Waals surface area contributed by atoms with Gasteiger partial charge in [-0.15, -0.1) is 0 Å². The number of carbonyl (C=O) groups is 1. The molecule has 114 valence electrons. The van der Waals surface area contributed by atoms with Gasteiger partial charge in [0.2, 0.25) is 0 Å². The predicted molar refractivity (Wildman–Crippen MR) is 86.4 cm³/mol. The minimum Gasteiger partial charge on any atom is -0.507 e. The molecule has 2 N–H and O–H groups in total. The van der Waals surface area contributed by atoms with Crippen LogP contribution in [0.3, 0.4) is 0 Å². The number of hydrogen-bond donors (Lipinski definition) is 2. The lowest BCUT2D eigenvalue weighted by molar-refractivity contribution is 0.112. The number of hydrogen-bond acceptors (Lipinski definition) is 3. The Morgan fingerprint density at radius 3 is 2.76 bits per heavy atom. The Morgan fingerprint density at radius 2 is 2.05 bits per heavy atom. The van der Waals surface area contributed by atoms with Gasteiger partial charge in [-0.3, -0.25) is 4.79 Å². The SMILES string of the molecule is CCCCC(O)CC/C=C/C=C/c1cccc(O)c1C=O. The van der Waals surface area contributed by atoms with Gasteiger partial charge in [0.1, 0.15) is 5.75 Å². The number of aromatic hydroxyl groups is 1. The molecule has 1 rings (SSSR count). The zero-order chi connectivity index (χ0) is 15.5.